The average molecular weight is 297 g/mol. The first-order chi connectivity index (χ1) is 10.7. The number of aromatic nitrogens is 5. The number of H-pyrrole nitrogens is 1. The molecule has 3 heterocycles. The van der Waals surface area contributed by atoms with Gasteiger partial charge in [-0.3, -0.25) is 14.3 Å². The van der Waals surface area contributed by atoms with Crippen molar-refractivity contribution in [3.8, 4) is 5.82 Å². The molecule has 22 heavy (non-hydrogen) atoms. The monoisotopic (exact) mass is 297 g/mol. The molecule has 0 spiro atoms. The number of aromatic amines is 1. The van der Waals surface area contributed by atoms with Gasteiger partial charge in [0.15, 0.2) is 5.82 Å². The van der Waals surface area contributed by atoms with E-state index in [1.165, 1.54) is 35.2 Å². The van der Waals surface area contributed by atoms with Gasteiger partial charge in [0.1, 0.15) is 5.52 Å². The summed E-state index contributed by atoms with van der Waals surface area (Å²) < 4.78 is 3.41. The Labute approximate surface area is 125 Å². The van der Waals surface area contributed by atoms with Crippen molar-refractivity contribution in [2.45, 2.75) is 32.2 Å². The van der Waals surface area contributed by atoms with Gasteiger partial charge in [-0.15, -0.1) is 10.2 Å². The largest absolute Gasteiger partial charge is 0.346 e. The first-order valence-electron chi connectivity index (χ1n) is 7.36. The van der Waals surface area contributed by atoms with Crippen LogP contribution in [0.15, 0.2) is 34.1 Å². The quantitative estimate of drug-likeness (QED) is 0.786. The Morgan fingerprint density at radius 3 is 2.82 bits per heavy atom. The van der Waals surface area contributed by atoms with Crippen molar-refractivity contribution in [3.63, 3.8) is 0 Å². The molecule has 112 valence electrons. The summed E-state index contributed by atoms with van der Waals surface area (Å²) in [5.74, 6) is 0.996. The van der Waals surface area contributed by atoms with Gasteiger partial charge in [-0.05, 0) is 25.7 Å². The fraction of sp³-hybridized carbons (Fsp3) is 0.333. The normalized spacial score (nSPS) is 14.6. The maximum atomic E-state index is 11.9. The molecule has 1 N–H and O–H groups in total. The smallest absolute Gasteiger partial charge is 0.334 e. The molecule has 0 aliphatic heterocycles. The topological polar surface area (TPSA) is 85.6 Å². The Morgan fingerprint density at radius 2 is 2.14 bits per heavy atom. The van der Waals surface area contributed by atoms with E-state index in [9.17, 15) is 9.59 Å². The van der Waals surface area contributed by atoms with Gasteiger partial charge in [-0.2, -0.15) is 0 Å². The number of nitrogens with zero attached hydrogens (tertiary/aromatic N) is 4. The molecule has 1 aliphatic rings. The lowest BCUT2D eigenvalue weighted by Crippen LogP contribution is -2.28. The molecule has 1 saturated carbocycles. The van der Waals surface area contributed by atoms with E-state index < -0.39 is 11.2 Å². The number of rotatable bonds is 3. The fourth-order valence-corrected chi connectivity index (χ4v) is 2.77. The SMILES string of the molecule is CCn1cc(C2CC2)c2nnc(-n3ccc(=O)[nH]c3=O)cc21. The van der Waals surface area contributed by atoms with Crippen LogP contribution in [0.2, 0.25) is 0 Å². The third-order valence-electron chi connectivity index (χ3n) is 4.07. The van der Waals surface area contributed by atoms with Crippen molar-refractivity contribution >= 4 is 11.0 Å². The zero-order chi connectivity index (χ0) is 15.3. The molecule has 3 aromatic heterocycles. The van der Waals surface area contributed by atoms with Crippen molar-refractivity contribution in [2.75, 3.05) is 0 Å². The Balaban J connectivity index is 1.93. The predicted octanol–water partition coefficient (Wildman–Crippen LogP) is 1.17. The number of nitrogens with one attached hydrogen (secondary N) is 1. The number of fused-ring (bicyclic) bond motifs is 1. The van der Waals surface area contributed by atoms with Crippen molar-refractivity contribution < 1.29 is 0 Å². The zero-order valence-electron chi connectivity index (χ0n) is 12.1. The first kappa shape index (κ1) is 13.0. The molecule has 3 aromatic rings. The first-order valence-corrected chi connectivity index (χ1v) is 7.36. The van der Waals surface area contributed by atoms with Gasteiger partial charge in [0, 0.05) is 36.6 Å². The average Bonchev–Trinajstić information content (AvgIpc) is 3.28. The second-order valence-electron chi connectivity index (χ2n) is 5.56. The molecule has 0 amide bonds. The van der Waals surface area contributed by atoms with E-state index in [-0.39, 0.29) is 0 Å². The van der Waals surface area contributed by atoms with Crippen molar-refractivity contribution in [1.82, 2.24) is 24.3 Å². The molecule has 4 rings (SSSR count). The van der Waals surface area contributed by atoms with Crippen molar-refractivity contribution in [1.29, 1.82) is 0 Å². The van der Waals surface area contributed by atoms with Crippen LogP contribution in [-0.4, -0.2) is 24.3 Å². The fourth-order valence-electron chi connectivity index (χ4n) is 2.77. The van der Waals surface area contributed by atoms with Gasteiger partial charge >= 0.3 is 5.69 Å². The highest BCUT2D eigenvalue weighted by molar-refractivity contribution is 5.81. The summed E-state index contributed by atoms with van der Waals surface area (Å²) in [4.78, 5) is 25.3. The van der Waals surface area contributed by atoms with Crippen LogP contribution in [0.25, 0.3) is 16.9 Å². The lowest BCUT2D eigenvalue weighted by Gasteiger charge is -2.04. The van der Waals surface area contributed by atoms with Gasteiger partial charge in [0.25, 0.3) is 5.56 Å². The van der Waals surface area contributed by atoms with Gasteiger partial charge < -0.3 is 4.57 Å². The molecule has 0 radical (unpaired) electrons. The molecular weight excluding hydrogens is 282 g/mol. The molecule has 7 heteroatoms. The van der Waals surface area contributed by atoms with Crippen LogP contribution in [0.5, 0.6) is 0 Å². The van der Waals surface area contributed by atoms with Gasteiger partial charge in [-0.25, -0.2) is 4.79 Å². The standard InChI is InChI=1S/C15H15N5O2/c1-2-19-8-10(9-3-4-9)14-11(19)7-12(17-18-14)20-6-5-13(21)16-15(20)22/h5-9H,2-4H2,1H3,(H,16,21,22). The summed E-state index contributed by atoms with van der Waals surface area (Å²) in [6, 6.07) is 3.14. The van der Waals surface area contributed by atoms with E-state index in [4.69, 9.17) is 0 Å². The number of hydrogen-bond donors (Lipinski definition) is 1. The van der Waals surface area contributed by atoms with Crippen LogP contribution in [0.4, 0.5) is 0 Å². The summed E-state index contributed by atoms with van der Waals surface area (Å²) in [7, 11) is 0. The molecular formula is C15H15N5O2. The molecule has 0 saturated heterocycles. The number of aryl methyl sites for hydroxylation is 1. The maximum absolute atomic E-state index is 11.9. The van der Waals surface area contributed by atoms with Crippen LogP contribution in [0.3, 0.4) is 0 Å². The van der Waals surface area contributed by atoms with Crippen LogP contribution >= 0.6 is 0 Å². The molecule has 1 fully saturated rings. The highest BCUT2D eigenvalue weighted by Crippen LogP contribution is 2.43. The Morgan fingerprint density at radius 1 is 1.32 bits per heavy atom. The third-order valence-corrected chi connectivity index (χ3v) is 4.07. The summed E-state index contributed by atoms with van der Waals surface area (Å²) >= 11 is 0. The second-order valence-corrected chi connectivity index (χ2v) is 5.56. The summed E-state index contributed by atoms with van der Waals surface area (Å²) in [5.41, 5.74) is 2.17. The summed E-state index contributed by atoms with van der Waals surface area (Å²) in [6.45, 7) is 2.90. The van der Waals surface area contributed by atoms with Crippen LogP contribution in [0, 0.1) is 0 Å². The second kappa shape index (κ2) is 4.66. The minimum Gasteiger partial charge on any atom is -0.346 e. The minimum absolute atomic E-state index is 0.406. The lowest BCUT2D eigenvalue weighted by atomic mass is 10.2. The molecule has 0 aromatic carbocycles. The minimum atomic E-state index is -0.516. The third kappa shape index (κ3) is 1.97. The van der Waals surface area contributed by atoms with E-state index in [2.05, 4.69) is 32.9 Å². The van der Waals surface area contributed by atoms with Crippen molar-refractivity contribution in [2.24, 2.45) is 0 Å². The zero-order valence-corrected chi connectivity index (χ0v) is 12.1. The highest BCUT2D eigenvalue weighted by Gasteiger charge is 2.28. The van der Waals surface area contributed by atoms with E-state index in [0.29, 0.717) is 11.7 Å². The summed E-state index contributed by atoms with van der Waals surface area (Å²) in [6.07, 6.45) is 5.95. The van der Waals surface area contributed by atoms with Crippen LogP contribution in [-0.2, 0) is 6.54 Å². The van der Waals surface area contributed by atoms with Gasteiger partial charge in [0.2, 0.25) is 0 Å². The Bertz CT molecular complexity index is 977. The van der Waals surface area contributed by atoms with Crippen LogP contribution in [0.1, 0.15) is 31.2 Å². The highest BCUT2D eigenvalue weighted by atomic mass is 16.2. The molecule has 0 bridgehead atoms. The molecule has 1 aliphatic carbocycles. The number of hydrogen-bond acceptors (Lipinski definition) is 4. The van der Waals surface area contributed by atoms with Crippen LogP contribution < -0.4 is 11.2 Å². The summed E-state index contributed by atoms with van der Waals surface area (Å²) in [5, 5.41) is 8.49. The van der Waals surface area contributed by atoms with Gasteiger partial charge in [0.05, 0.1) is 5.52 Å². The Kier molecular flexibility index (Phi) is 2.75. The molecule has 0 atom stereocenters. The molecule has 7 nitrogen and oxygen atoms in total. The predicted molar refractivity (Wildman–Crippen MR) is 81.4 cm³/mol. The van der Waals surface area contributed by atoms with E-state index in [1.807, 2.05) is 6.07 Å². The lowest BCUT2D eigenvalue weighted by molar-refractivity contribution is 0.788. The Hall–Kier alpha value is -2.70. The van der Waals surface area contributed by atoms with Crippen molar-refractivity contribution in [3.05, 3.63) is 50.9 Å². The van der Waals surface area contributed by atoms with E-state index in [1.54, 1.807) is 0 Å². The van der Waals surface area contributed by atoms with Gasteiger partial charge in [-0.1, -0.05) is 0 Å². The van der Waals surface area contributed by atoms with E-state index >= 15 is 0 Å². The maximum Gasteiger partial charge on any atom is 0.334 e. The van der Waals surface area contributed by atoms with E-state index in [0.717, 1.165) is 17.6 Å². The molecule has 0 unspecified atom stereocenters.